The van der Waals surface area contributed by atoms with Crippen LogP contribution in [-0.2, 0) is 0 Å². The van der Waals surface area contributed by atoms with E-state index in [-0.39, 0.29) is 5.78 Å². The van der Waals surface area contributed by atoms with E-state index in [2.05, 4.69) is 10.2 Å². The van der Waals surface area contributed by atoms with Crippen LogP contribution in [0.2, 0.25) is 5.02 Å². The maximum Gasteiger partial charge on any atom is 0.277 e. The van der Waals surface area contributed by atoms with E-state index in [1.54, 1.807) is 56.5 Å². The fraction of sp³-hybridized carbons (Fsp3) is 0.211. The molecular weight excluding hydrogens is 388 g/mol. The molecule has 27 heavy (non-hydrogen) atoms. The zero-order valence-electron chi connectivity index (χ0n) is 14.9. The molecule has 140 valence electrons. The molecule has 1 unspecified atom stereocenters. The molecule has 0 N–H and O–H groups in total. The summed E-state index contributed by atoms with van der Waals surface area (Å²) in [6.45, 7) is 1.79. The molecule has 2 aromatic carbocycles. The van der Waals surface area contributed by atoms with Crippen molar-refractivity contribution in [1.29, 1.82) is 0 Å². The number of carbonyl (C=O) groups is 1. The largest absolute Gasteiger partial charge is 0.493 e. The molecule has 6 nitrogen and oxygen atoms in total. The number of aromatic nitrogens is 2. The van der Waals surface area contributed by atoms with Crippen molar-refractivity contribution in [2.24, 2.45) is 0 Å². The molecular formula is C19H17ClN2O4S. The summed E-state index contributed by atoms with van der Waals surface area (Å²) < 4.78 is 16.1. The van der Waals surface area contributed by atoms with Gasteiger partial charge in [-0.3, -0.25) is 4.79 Å². The highest BCUT2D eigenvalue weighted by molar-refractivity contribution is 8.00. The molecule has 1 atom stereocenters. The minimum atomic E-state index is -0.415. The van der Waals surface area contributed by atoms with Crippen LogP contribution >= 0.6 is 23.4 Å². The first-order valence-corrected chi connectivity index (χ1v) is 9.30. The van der Waals surface area contributed by atoms with E-state index in [4.69, 9.17) is 25.5 Å². The molecule has 0 spiro atoms. The van der Waals surface area contributed by atoms with Crippen molar-refractivity contribution in [2.45, 2.75) is 17.4 Å². The Labute approximate surface area is 165 Å². The van der Waals surface area contributed by atoms with Crippen molar-refractivity contribution < 1.29 is 18.7 Å². The van der Waals surface area contributed by atoms with E-state index in [0.29, 0.717) is 33.2 Å². The molecule has 0 fully saturated rings. The van der Waals surface area contributed by atoms with Gasteiger partial charge in [-0.1, -0.05) is 23.4 Å². The van der Waals surface area contributed by atoms with E-state index in [0.717, 1.165) is 5.56 Å². The Balaban J connectivity index is 1.72. The minimum absolute atomic E-state index is 0.0767. The summed E-state index contributed by atoms with van der Waals surface area (Å²) in [5, 5.41) is 8.56. The molecule has 3 rings (SSSR count). The van der Waals surface area contributed by atoms with Gasteiger partial charge in [0.1, 0.15) is 0 Å². The average molecular weight is 405 g/mol. The van der Waals surface area contributed by atoms with Crippen LogP contribution in [0.15, 0.2) is 52.1 Å². The van der Waals surface area contributed by atoms with Crippen molar-refractivity contribution in [2.75, 3.05) is 14.2 Å². The van der Waals surface area contributed by atoms with Crippen LogP contribution in [0.3, 0.4) is 0 Å². The van der Waals surface area contributed by atoms with Gasteiger partial charge in [-0.25, -0.2) is 0 Å². The van der Waals surface area contributed by atoms with Gasteiger partial charge in [0.2, 0.25) is 5.89 Å². The Morgan fingerprint density at radius 1 is 1.07 bits per heavy atom. The van der Waals surface area contributed by atoms with E-state index in [9.17, 15) is 4.79 Å². The normalized spacial score (nSPS) is 11.9. The predicted octanol–water partition coefficient (Wildman–Crippen LogP) is 4.77. The standard InChI is InChI=1S/C19H17ClN2O4S/c1-11(17(23)13-6-9-15(24-2)16(10-13)25-3)27-19-22-21-18(26-19)12-4-7-14(20)8-5-12/h4-11H,1-3H3. The van der Waals surface area contributed by atoms with E-state index in [1.807, 2.05) is 0 Å². The Morgan fingerprint density at radius 2 is 1.78 bits per heavy atom. The van der Waals surface area contributed by atoms with Gasteiger partial charge in [0.25, 0.3) is 5.22 Å². The average Bonchev–Trinajstić information content (AvgIpc) is 3.15. The van der Waals surface area contributed by atoms with Crippen molar-refractivity contribution in [3.63, 3.8) is 0 Å². The van der Waals surface area contributed by atoms with Gasteiger partial charge in [-0.05, 0) is 49.4 Å². The van der Waals surface area contributed by atoms with Crippen molar-refractivity contribution >= 4 is 29.1 Å². The molecule has 0 saturated carbocycles. The number of ether oxygens (including phenoxy) is 2. The zero-order valence-corrected chi connectivity index (χ0v) is 16.5. The molecule has 0 bridgehead atoms. The second kappa shape index (κ2) is 8.45. The van der Waals surface area contributed by atoms with Crippen molar-refractivity contribution in [3.05, 3.63) is 53.1 Å². The number of Topliss-reactive ketones (excluding diaryl/α,β-unsaturated/α-hetero) is 1. The lowest BCUT2D eigenvalue weighted by Crippen LogP contribution is -2.13. The molecule has 1 aromatic heterocycles. The van der Waals surface area contributed by atoms with E-state index >= 15 is 0 Å². The Morgan fingerprint density at radius 3 is 2.44 bits per heavy atom. The van der Waals surface area contributed by atoms with E-state index in [1.165, 1.54) is 18.9 Å². The fourth-order valence-corrected chi connectivity index (χ4v) is 3.28. The smallest absolute Gasteiger partial charge is 0.277 e. The maximum atomic E-state index is 12.7. The Kier molecular flexibility index (Phi) is 6.03. The highest BCUT2D eigenvalue weighted by Gasteiger charge is 2.21. The van der Waals surface area contributed by atoms with Crippen LogP contribution in [-0.4, -0.2) is 35.5 Å². The predicted molar refractivity (Wildman–Crippen MR) is 104 cm³/mol. The monoisotopic (exact) mass is 404 g/mol. The summed E-state index contributed by atoms with van der Waals surface area (Å²) in [6, 6.07) is 12.1. The second-order valence-electron chi connectivity index (χ2n) is 5.57. The summed E-state index contributed by atoms with van der Waals surface area (Å²) in [6.07, 6.45) is 0. The lowest BCUT2D eigenvalue weighted by Gasteiger charge is -2.11. The number of hydrogen-bond acceptors (Lipinski definition) is 7. The maximum absolute atomic E-state index is 12.7. The first-order chi connectivity index (χ1) is 13.0. The Bertz CT molecular complexity index is 943. The second-order valence-corrected chi connectivity index (χ2v) is 7.30. The topological polar surface area (TPSA) is 74.5 Å². The van der Waals surface area contributed by atoms with Gasteiger partial charge in [-0.15, -0.1) is 10.2 Å². The SMILES string of the molecule is COc1ccc(C(=O)C(C)Sc2nnc(-c3ccc(Cl)cc3)o2)cc1OC. The number of nitrogens with zero attached hydrogens (tertiary/aromatic N) is 2. The first kappa shape index (κ1) is 19.3. The third-order valence-electron chi connectivity index (χ3n) is 3.81. The van der Waals surface area contributed by atoms with Crippen LogP contribution in [0.25, 0.3) is 11.5 Å². The summed E-state index contributed by atoms with van der Waals surface area (Å²) in [5.74, 6) is 1.37. The fourth-order valence-electron chi connectivity index (χ4n) is 2.40. The molecule has 0 amide bonds. The van der Waals surface area contributed by atoms with E-state index < -0.39 is 5.25 Å². The van der Waals surface area contributed by atoms with Gasteiger partial charge in [0.15, 0.2) is 17.3 Å². The van der Waals surface area contributed by atoms with Gasteiger partial charge in [0.05, 0.1) is 19.5 Å². The molecule has 0 aliphatic carbocycles. The number of halogens is 1. The summed E-state index contributed by atoms with van der Waals surface area (Å²) in [5.41, 5.74) is 1.28. The number of rotatable bonds is 7. The highest BCUT2D eigenvalue weighted by atomic mass is 35.5. The van der Waals surface area contributed by atoms with Crippen molar-refractivity contribution in [3.8, 4) is 23.0 Å². The molecule has 3 aromatic rings. The lowest BCUT2D eigenvalue weighted by atomic mass is 10.1. The zero-order chi connectivity index (χ0) is 19.4. The van der Waals surface area contributed by atoms with Crippen LogP contribution < -0.4 is 9.47 Å². The molecule has 0 aliphatic heterocycles. The van der Waals surface area contributed by atoms with Crippen LogP contribution in [0.5, 0.6) is 11.5 Å². The number of methoxy groups -OCH3 is 2. The van der Waals surface area contributed by atoms with Crippen LogP contribution in [0.1, 0.15) is 17.3 Å². The quantitative estimate of drug-likeness (QED) is 0.414. The Hall–Kier alpha value is -2.51. The van der Waals surface area contributed by atoms with Gasteiger partial charge < -0.3 is 13.9 Å². The highest BCUT2D eigenvalue weighted by Crippen LogP contribution is 2.31. The molecule has 0 radical (unpaired) electrons. The number of hydrogen-bond donors (Lipinski definition) is 0. The number of benzene rings is 2. The summed E-state index contributed by atoms with van der Waals surface area (Å²) >= 11 is 7.08. The molecule has 1 heterocycles. The molecule has 0 aliphatic rings. The van der Waals surface area contributed by atoms with Gasteiger partial charge in [0, 0.05) is 16.1 Å². The number of thioether (sulfide) groups is 1. The van der Waals surface area contributed by atoms with Crippen LogP contribution in [0, 0.1) is 0 Å². The third-order valence-corrected chi connectivity index (χ3v) is 5.00. The van der Waals surface area contributed by atoms with Crippen LogP contribution in [0.4, 0.5) is 0 Å². The minimum Gasteiger partial charge on any atom is -0.493 e. The lowest BCUT2D eigenvalue weighted by molar-refractivity contribution is 0.0993. The third kappa shape index (κ3) is 4.43. The molecule has 0 saturated heterocycles. The van der Waals surface area contributed by atoms with Gasteiger partial charge in [-0.2, -0.15) is 0 Å². The summed E-state index contributed by atoms with van der Waals surface area (Å²) in [7, 11) is 3.08. The van der Waals surface area contributed by atoms with Crippen molar-refractivity contribution in [1.82, 2.24) is 10.2 Å². The number of carbonyl (C=O) groups excluding carboxylic acids is 1. The number of ketones is 1. The molecule has 8 heteroatoms. The summed E-state index contributed by atoms with van der Waals surface area (Å²) in [4.78, 5) is 12.7. The first-order valence-electron chi connectivity index (χ1n) is 8.04. The van der Waals surface area contributed by atoms with Gasteiger partial charge >= 0.3 is 0 Å².